The minimum absolute atomic E-state index is 0.0257. The van der Waals surface area contributed by atoms with Crippen molar-refractivity contribution in [3.05, 3.63) is 108 Å². The van der Waals surface area contributed by atoms with Crippen molar-refractivity contribution in [2.45, 2.75) is 92.6 Å². The lowest BCUT2D eigenvalue weighted by Crippen LogP contribution is -2.46. The molecule has 0 spiro atoms. The predicted molar refractivity (Wildman–Crippen MR) is 230 cm³/mol. The topological polar surface area (TPSA) is 129 Å². The van der Waals surface area contributed by atoms with Gasteiger partial charge in [-0.05, 0) is 118 Å². The van der Waals surface area contributed by atoms with Crippen molar-refractivity contribution in [1.29, 1.82) is 0 Å². The van der Waals surface area contributed by atoms with Crippen LogP contribution in [0, 0.1) is 0 Å². The van der Waals surface area contributed by atoms with Crippen LogP contribution < -0.4 is 30.3 Å². The first-order valence-electron chi connectivity index (χ1n) is 20.7. The lowest BCUT2D eigenvalue weighted by Gasteiger charge is -2.30. The van der Waals surface area contributed by atoms with Crippen molar-refractivity contribution in [2.75, 3.05) is 43.3 Å². The van der Waals surface area contributed by atoms with Crippen LogP contribution in [0.1, 0.15) is 62.5 Å². The Hall–Kier alpha value is -3.78. The molecule has 4 fully saturated rings. The number of hydrogen-bond donors (Lipinski definition) is 4. The van der Waals surface area contributed by atoms with Crippen LogP contribution in [0.3, 0.4) is 0 Å². The molecule has 0 amide bonds. The first-order chi connectivity index (χ1) is 27.6. The summed E-state index contributed by atoms with van der Waals surface area (Å²) in [5, 5.41) is 13.3. The molecule has 2 saturated heterocycles. The van der Waals surface area contributed by atoms with Crippen LogP contribution in [-0.4, -0.2) is 91.3 Å². The molecule has 2 aliphatic heterocycles. The zero-order chi connectivity index (χ0) is 39.6. The van der Waals surface area contributed by atoms with E-state index in [-0.39, 0.29) is 17.8 Å². The number of sulfone groups is 1. The summed E-state index contributed by atoms with van der Waals surface area (Å²) in [5.74, 6) is 0.413. The predicted octanol–water partition coefficient (Wildman–Crippen LogP) is 5.85. The van der Waals surface area contributed by atoms with E-state index < -0.39 is 30.9 Å². The molecule has 0 bridgehead atoms. The van der Waals surface area contributed by atoms with Gasteiger partial charge in [0.1, 0.15) is 5.75 Å². The van der Waals surface area contributed by atoms with E-state index in [0.29, 0.717) is 47.5 Å². The molecule has 2 saturated carbocycles. The Morgan fingerprint density at radius 1 is 0.719 bits per heavy atom. The molecule has 4 aromatic rings. The van der Waals surface area contributed by atoms with E-state index >= 15 is 0 Å². The first-order valence-corrected chi connectivity index (χ1v) is 24.0. The van der Waals surface area contributed by atoms with E-state index in [4.69, 9.17) is 4.74 Å². The zero-order valence-electron chi connectivity index (χ0n) is 33.1. The van der Waals surface area contributed by atoms with Gasteiger partial charge in [-0.3, -0.25) is 4.31 Å². The van der Waals surface area contributed by atoms with Crippen molar-refractivity contribution in [1.82, 2.24) is 21.3 Å². The fourth-order valence-corrected chi connectivity index (χ4v) is 13.1. The minimum Gasteiger partial charge on any atom is -0.496 e. The highest BCUT2D eigenvalue weighted by molar-refractivity contribution is 7.96. The number of anilines is 1. The maximum Gasteiger partial charge on any atom is 0.239 e. The van der Waals surface area contributed by atoms with Crippen molar-refractivity contribution in [3.8, 4) is 28.0 Å². The second-order valence-corrected chi connectivity index (χ2v) is 20.9. The van der Waals surface area contributed by atoms with Crippen LogP contribution in [0.25, 0.3) is 22.3 Å². The SMILES string of the molecule is COc1ccc(N([C@@H]2C[C@H]2NC2CCNCC2)S(=O)(=O)C(C)CS(=O)(=O)Cc2cccc(-c3ccccc3)c2)cc1-c1ccc([C@@H]2C[C@H]2NC2CCNCC2)cc1. The molecule has 2 heterocycles. The maximum absolute atomic E-state index is 14.8. The molecule has 4 N–H and O–H groups in total. The van der Waals surface area contributed by atoms with E-state index in [1.54, 1.807) is 19.2 Å². The molecule has 0 radical (unpaired) electrons. The summed E-state index contributed by atoms with van der Waals surface area (Å²) in [6.45, 7) is 5.53. The highest BCUT2D eigenvalue weighted by Gasteiger charge is 2.49. The average Bonchev–Trinajstić information content (AvgIpc) is 4.16. The standard InChI is InChI=1S/C45H57N5O5S2/c1-31(29-56(51,52)30-32-7-6-10-36(25-32)33-8-4-3-5-9-33)57(53,54)50(44-28-43(44)49-38-19-23-47-24-20-38)39-15-16-45(55-2)41(26-39)35-13-11-34(12-14-35)40-27-42(40)48-37-17-21-46-22-18-37/h3-16,25-26,31,37-38,40,42-44,46-49H,17-24,27-30H2,1-2H3/t31?,40-,42+,43+,44+/m0/s1. The monoisotopic (exact) mass is 811 g/mol. The Morgan fingerprint density at radius 2 is 1.37 bits per heavy atom. The van der Waals surface area contributed by atoms with Crippen molar-refractivity contribution in [2.24, 2.45) is 0 Å². The van der Waals surface area contributed by atoms with E-state index in [2.05, 4.69) is 45.5 Å². The number of nitrogens with one attached hydrogen (secondary N) is 4. The molecule has 1 unspecified atom stereocenters. The van der Waals surface area contributed by atoms with Gasteiger partial charge in [0.25, 0.3) is 0 Å². The quantitative estimate of drug-likeness (QED) is 0.110. The maximum atomic E-state index is 14.8. The number of nitrogens with zero attached hydrogens (tertiary/aromatic N) is 1. The third kappa shape index (κ3) is 9.58. The lowest BCUT2D eigenvalue weighted by atomic mass is 10.0. The van der Waals surface area contributed by atoms with E-state index in [1.807, 2.05) is 60.7 Å². The summed E-state index contributed by atoms with van der Waals surface area (Å²) >= 11 is 0. The number of ether oxygens (including phenoxy) is 1. The van der Waals surface area contributed by atoms with Gasteiger partial charge >= 0.3 is 0 Å². The summed E-state index contributed by atoms with van der Waals surface area (Å²) in [5.41, 5.74) is 6.09. The Labute approximate surface area is 339 Å². The summed E-state index contributed by atoms with van der Waals surface area (Å²) < 4.78 is 64.5. The third-order valence-corrected chi connectivity index (χ3v) is 16.4. The molecule has 2 aliphatic carbocycles. The molecular formula is C45H57N5O5S2. The molecule has 304 valence electrons. The van der Waals surface area contributed by atoms with Crippen LogP contribution in [0.15, 0.2) is 97.1 Å². The third-order valence-electron chi connectivity index (χ3n) is 12.2. The van der Waals surface area contributed by atoms with Gasteiger partial charge < -0.3 is 26.0 Å². The Morgan fingerprint density at radius 3 is 2.04 bits per heavy atom. The normalized spacial score (nSPS) is 23.5. The molecule has 8 rings (SSSR count). The average molecular weight is 812 g/mol. The highest BCUT2D eigenvalue weighted by atomic mass is 32.2. The van der Waals surface area contributed by atoms with Gasteiger partial charge in [-0.15, -0.1) is 0 Å². The van der Waals surface area contributed by atoms with Gasteiger partial charge in [-0.25, -0.2) is 16.8 Å². The van der Waals surface area contributed by atoms with Gasteiger partial charge in [0.05, 0.1) is 35.6 Å². The Bertz CT molecular complexity index is 2210. The van der Waals surface area contributed by atoms with E-state index in [9.17, 15) is 16.8 Å². The molecule has 0 aromatic heterocycles. The Balaban J connectivity index is 1.03. The van der Waals surface area contributed by atoms with Gasteiger partial charge in [0, 0.05) is 35.6 Å². The molecule has 12 heteroatoms. The summed E-state index contributed by atoms with van der Waals surface area (Å²) in [7, 11) is -6.32. The number of benzene rings is 4. The fraction of sp³-hybridized carbons (Fsp3) is 0.467. The molecule has 10 nitrogen and oxygen atoms in total. The first kappa shape index (κ1) is 40.0. The second kappa shape index (κ2) is 17.2. The van der Waals surface area contributed by atoms with E-state index in [0.717, 1.165) is 67.7 Å². The van der Waals surface area contributed by atoms with Crippen LogP contribution in [0.4, 0.5) is 5.69 Å². The van der Waals surface area contributed by atoms with Gasteiger partial charge in [0.15, 0.2) is 9.84 Å². The molecule has 4 aliphatic rings. The lowest BCUT2D eigenvalue weighted by molar-refractivity contribution is 0.383. The van der Waals surface area contributed by atoms with Crippen molar-refractivity contribution >= 4 is 25.5 Å². The minimum atomic E-state index is -4.14. The number of rotatable bonds is 16. The molecule has 57 heavy (non-hydrogen) atoms. The number of hydrogen-bond acceptors (Lipinski definition) is 9. The van der Waals surface area contributed by atoms with Crippen LogP contribution in [0.5, 0.6) is 5.75 Å². The van der Waals surface area contributed by atoms with Gasteiger partial charge in [-0.1, -0.05) is 78.9 Å². The summed E-state index contributed by atoms with van der Waals surface area (Å²) in [6, 6.07) is 32.4. The van der Waals surface area contributed by atoms with Crippen LogP contribution >= 0.6 is 0 Å². The molecular weight excluding hydrogens is 755 g/mol. The van der Waals surface area contributed by atoms with Crippen LogP contribution in [-0.2, 0) is 25.6 Å². The molecule has 4 aromatic carbocycles. The molecule has 5 atom stereocenters. The van der Waals surface area contributed by atoms with Crippen LogP contribution in [0.2, 0.25) is 0 Å². The second-order valence-electron chi connectivity index (χ2n) is 16.5. The van der Waals surface area contributed by atoms with Gasteiger partial charge in [0.2, 0.25) is 10.0 Å². The zero-order valence-corrected chi connectivity index (χ0v) is 34.7. The highest BCUT2D eigenvalue weighted by Crippen LogP contribution is 2.44. The summed E-state index contributed by atoms with van der Waals surface area (Å²) in [6.07, 6.45) is 6.08. The van der Waals surface area contributed by atoms with Gasteiger partial charge in [-0.2, -0.15) is 0 Å². The van der Waals surface area contributed by atoms with E-state index in [1.165, 1.54) is 29.6 Å². The number of sulfonamides is 1. The summed E-state index contributed by atoms with van der Waals surface area (Å²) in [4.78, 5) is 0. The Kier molecular flexibility index (Phi) is 12.1. The fourth-order valence-electron chi connectivity index (χ4n) is 8.87. The largest absolute Gasteiger partial charge is 0.496 e. The van der Waals surface area contributed by atoms with Crippen molar-refractivity contribution < 1.29 is 21.6 Å². The van der Waals surface area contributed by atoms with Crippen molar-refractivity contribution in [3.63, 3.8) is 0 Å². The number of piperidine rings is 2. The smallest absolute Gasteiger partial charge is 0.239 e. The number of methoxy groups -OCH3 is 1.